The predicted molar refractivity (Wildman–Crippen MR) is 203 cm³/mol. The van der Waals surface area contributed by atoms with E-state index in [0.717, 1.165) is 44.0 Å². The highest BCUT2D eigenvalue weighted by Crippen LogP contribution is 2.41. The van der Waals surface area contributed by atoms with Gasteiger partial charge in [0.15, 0.2) is 17.5 Å². The number of hydrogen-bond donors (Lipinski definition) is 0. The normalized spacial score (nSPS) is 14.4. The molecule has 0 saturated heterocycles. The van der Waals surface area contributed by atoms with Gasteiger partial charge in [0.2, 0.25) is 0 Å². The molecule has 234 valence electrons. The highest BCUT2D eigenvalue weighted by atomic mass is 16.3. The van der Waals surface area contributed by atoms with Crippen LogP contribution in [-0.2, 0) is 0 Å². The van der Waals surface area contributed by atoms with Gasteiger partial charge in [0.1, 0.15) is 11.2 Å². The van der Waals surface area contributed by atoms with Gasteiger partial charge in [0.25, 0.3) is 0 Å². The van der Waals surface area contributed by atoms with Crippen molar-refractivity contribution in [3.8, 4) is 51.0 Å². The molecule has 0 N–H and O–H groups in total. The maximum Gasteiger partial charge on any atom is 0.164 e. The molecule has 0 bridgehead atoms. The zero-order valence-corrected chi connectivity index (χ0v) is 26.1. The molecule has 0 atom stereocenters. The summed E-state index contributed by atoms with van der Waals surface area (Å²) in [7, 11) is 0. The molecular formula is C45H28N4O. The first kappa shape index (κ1) is 19.8. The van der Waals surface area contributed by atoms with E-state index in [4.69, 9.17) is 18.1 Å². The van der Waals surface area contributed by atoms with Crippen molar-refractivity contribution < 1.29 is 18.1 Å². The van der Waals surface area contributed by atoms with Gasteiger partial charge < -0.3 is 8.98 Å². The predicted octanol–water partition coefficient (Wildman–Crippen LogP) is 11.5. The maximum absolute atomic E-state index is 8.68. The Morgan fingerprint density at radius 2 is 1.08 bits per heavy atom. The molecule has 0 aliphatic rings. The standard InChI is InChI=1S/C45H28N4O/c1-4-13-29(14-5-1)43-46-44(30-15-6-2-7-16-30)48-45(47-43)32-24-26-40-37(28-32)42-34(20-12-22-41(42)50-40)31-23-25-39-36(27-31)35-19-10-11-21-38(35)49(39)33-17-8-3-9-18-33/h1-28H/i1D,2D,4D,5D,6D,7D,13D,14D,15D,16D. The van der Waals surface area contributed by atoms with Crippen LogP contribution in [0.5, 0.6) is 0 Å². The molecule has 50 heavy (non-hydrogen) atoms. The van der Waals surface area contributed by atoms with Crippen molar-refractivity contribution >= 4 is 43.7 Å². The Bertz CT molecular complexity index is 3310. The second kappa shape index (κ2) is 11.4. The van der Waals surface area contributed by atoms with Gasteiger partial charge in [-0.15, -0.1) is 0 Å². The Kier molecular flexibility index (Phi) is 4.52. The minimum absolute atomic E-state index is 0.0301. The summed E-state index contributed by atoms with van der Waals surface area (Å²) < 4.78 is 92.9. The molecule has 5 heteroatoms. The van der Waals surface area contributed by atoms with Crippen molar-refractivity contribution in [1.82, 2.24) is 19.5 Å². The van der Waals surface area contributed by atoms with E-state index in [9.17, 15) is 0 Å². The lowest BCUT2D eigenvalue weighted by Crippen LogP contribution is -2.00. The van der Waals surface area contributed by atoms with Crippen molar-refractivity contribution in [2.24, 2.45) is 0 Å². The third-order valence-corrected chi connectivity index (χ3v) is 8.83. The second-order valence-electron chi connectivity index (χ2n) is 11.7. The second-order valence-corrected chi connectivity index (χ2v) is 11.7. The maximum atomic E-state index is 8.68. The molecular weight excluding hydrogens is 613 g/mol. The Labute approximate surface area is 301 Å². The summed E-state index contributed by atoms with van der Waals surface area (Å²) in [5.74, 6) is -0.697. The van der Waals surface area contributed by atoms with E-state index in [0.29, 0.717) is 22.1 Å². The minimum atomic E-state index is -0.612. The number of furan rings is 1. The summed E-state index contributed by atoms with van der Waals surface area (Å²) in [5.41, 5.74) is 5.96. The van der Waals surface area contributed by atoms with Gasteiger partial charge in [-0.3, -0.25) is 0 Å². The minimum Gasteiger partial charge on any atom is -0.456 e. The Hall–Kier alpha value is -6.85. The number of hydrogen-bond acceptors (Lipinski definition) is 4. The Morgan fingerprint density at radius 1 is 0.460 bits per heavy atom. The lowest BCUT2D eigenvalue weighted by atomic mass is 9.97. The van der Waals surface area contributed by atoms with E-state index in [-0.39, 0.29) is 28.6 Å². The molecule has 0 spiro atoms. The fourth-order valence-corrected chi connectivity index (χ4v) is 6.65. The van der Waals surface area contributed by atoms with Crippen molar-refractivity contribution in [1.29, 1.82) is 0 Å². The fraction of sp³-hybridized carbons (Fsp3) is 0. The van der Waals surface area contributed by atoms with Crippen LogP contribution in [0.25, 0.3) is 94.7 Å². The number of para-hydroxylation sites is 2. The van der Waals surface area contributed by atoms with Gasteiger partial charge in [-0.2, -0.15) is 0 Å². The fourth-order valence-electron chi connectivity index (χ4n) is 6.65. The Balaban J connectivity index is 1.20. The first-order chi connectivity index (χ1) is 28.9. The van der Waals surface area contributed by atoms with Crippen LogP contribution in [-0.4, -0.2) is 19.5 Å². The summed E-state index contributed by atoms with van der Waals surface area (Å²) in [5, 5.41) is 3.69. The third-order valence-electron chi connectivity index (χ3n) is 8.83. The molecule has 0 amide bonds. The molecule has 3 heterocycles. The quantitative estimate of drug-likeness (QED) is 0.186. The molecule has 0 unspecified atom stereocenters. The van der Waals surface area contributed by atoms with Crippen LogP contribution < -0.4 is 0 Å². The summed E-state index contributed by atoms with van der Waals surface area (Å²) in [4.78, 5) is 13.7. The average molecular weight is 651 g/mol. The third kappa shape index (κ3) is 4.60. The molecule has 10 aromatic rings. The monoisotopic (exact) mass is 650 g/mol. The zero-order chi connectivity index (χ0) is 41.7. The largest absolute Gasteiger partial charge is 0.456 e. The van der Waals surface area contributed by atoms with Gasteiger partial charge in [-0.05, 0) is 65.7 Å². The molecule has 7 aromatic carbocycles. The van der Waals surface area contributed by atoms with Crippen LogP contribution in [0, 0.1) is 0 Å². The molecule has 5 nitrogen and oxygen atoms in total. The number of benzene rings is 7. The summed E-state index contributed by atoms with van der Waals surface area (Å²) in [6, 6.07) is 30.0. The van der Waals surface area contributed by atoms with Crippen LogP contribution in [0.1, 0.15) is 13.7 Å². The van der Waals surface area contributed by atoms with Gasteiger partial charge in [-0.1, -0.05) is 115 Å². The number of fused-ring (bicyclic) bond motifs is 6. The van der Waals surface area contributed by atoms with Gasteiger partial charge in [-0.25, -0.2) is 15.0 Å². The van der Waals surface area contributed by atoms with Crippen LogP contribution in [0.2, 0.25) is 0 Å². The highest BCUT2D eigenvalue weighted by molar-refractivity contribution is 6.15. The van der Waals surface area contributed by atoms with Gasteiger partial charge in [0, 0.05) is 43.9 Å². The molecule has 0 aliphatic carbocycles. The van der Waals surface area contributed by atoms with E-state index in [2.05, 4.69) is 62.0 Å². The number of nitrogens with zero attached hydrogens (tertiary/aromatic N) is 4. The topological polar surface area (TPSA) is 56.7 Å². The van der Waals surface area contributed by atoms with E-state index < -0.39 is 60.4 Å². The summed E-state index contributed by atoms with van der Waals surface area (Å²) in [6.07, 6.45) is 0. The molecule has 0 aliphatic heterocycles. The molecule has 0 radical (unpaired) electrons. The first-order valence-electron chi connectivity index (χ1n) is 20.9. The van der Waals surface area contributed by atoms with Crippen LogP contribution in [0.4, 0.5) is 0 Å². The van der Waals surface area contributed by atoms with Crippen molar-refractivity contribution in [3.63, 3.8) is 0 Å². The SMILES string of the molecule is [2H]c1c([2H])c([2H])c(-c2nc(-c3ccc4oc5cccc(-c6ccc7c(c6)c6ccccc6n7-c6ccccc6)c5c4c3)nc(-c3c([2H])c([2H])c([2H])c([2H])c3[2H])n2)c([2H])c1[2H]. The van der Waals surface area contributed by atoms with E-state index >= 15 is 0 Å². The van der Waals surface area contributed by atoms with E-state index in [1.54, 1.807) is 12.1 Å². The van der Waals surface area contributed by atoms with E-state index in [1.165, 1.54) is 0 Å². The number of rotatable bonds is 5. The highest BCUT2D eigenvalue weighted by Gasteiger charge is 2.18. The summed E-state index contributed by atoms with van der Waals surface area (Å²) in [6.45, 7) is 0. The van der Waals surface area contributed by atoms with Crippen LogP contribution in [0.15, 0.2) is 174 Å². The van der Waals surface area contributed by atoms with Crippen molar-refractivity contribution in [3.05, 3.63) is 170 Å². The van der Waals surface area contributed by atoms with Crippen LogP contribution >= 0.6 is 0 Å². The van der Waals surface area contributed by atoms with Gasteiger partial charge in [0.05, 0.1) is 24.7 Å². The summed E-state index contributed by atoms with van der Waals surface area (Å²) >= 11 is 0. The average Bonchev–Trinajstić information content (AvgIpc) is 3.82. The molecule has 0 fully saturated rings. The van der Waals surface area contributed by atoms with Crippen molar-refractivity contribution in [2.45, 2.75) is 0 Å². The van der Waals surface area contributed by atoms with Crippen LogP contribution in [0.3, 0.4) is 0 Å². The Morgan fingerprint density at radius 3 is 1.82 bits per heavy atom. The first-order valence-corrected chi connectivity index (χ1v) is 15.9. The smallest absolute Gasteiger partial charge is 0.164 e. The van der Waals surface area contributed by atoms with Crippen molar-refractivity contribution in [2.75, 3.05) is 0 Å². The van der Waals surface area contributed by atoms with E-state index in [1.807, 2.05) is 54.6 Å². The number of aromatic nitrogens is 4. The molecule has 10 rings (SSSR count). The lowest BCUT2D eigenvalue weighted by molar-refractivity contribution is 0.669. The van der Waals surface area contributed by atoms with Gasteiger partial charge >= 0.3 is 0 Å². The zero-order valence-electron chi connectivity index (χ0n) is 36.1. The lowest BCUT2D eigenvalue weighted by Gasteiger charge is -2.09. The molecule has 0 saturated carbocycles. The molecule has 3 aromatic heterocycles.